The summed E-state index contributed by atoms with van der Waals surface area (Å²) in [6.45, 7) is 0. The fourth-order valence-corrected chi connectivity index (χ4v) is 2.01. The Balaban J connectivity index is 2.25. The van der Waals surface area contributed by atoms with Crippen LogP contribution >= 0.6 is 0 Å². The highest BCUT2D eigenvalue weighted by molar-refractivity contribution is 5.98. The molecule has 0 unspecified atom stereocenters. The number of fused-ring (bicyclic) bond motifs is 1. The van der Waals surface area contributed by atoms with Crippen LogP contribution in [0, 0.1) is 0 Å². The first-order valence-corrected chi connectivity index (χ1v) is 5.29. The van der Waals surface area contributed by atoms with E-state index in [4.69, 9.17) is 0 Å². The van der Waals surface area contributed by atoms with Crippen molar-refractivity contribution in [2.75, 3.05) is 0 Å². The zero-order valence-corrected chi connectivity index (χ0v) is 9.51. The molecule has 0 saturated carbocycles. The van der Waals surface area contributed by atoms with Crippen molar-refractivity contribution in [1.82, 2.24) is 14.7 Å². The number of carbonyl (C=O) groups is 1. The van der Waals surface area contributed by atoms with Crippen LogP contribution in [0.1, 0.15) is 10.4 Å². The Kier molecular flexibility index (Phi) is 2.16. The minimum Gasteiger partial charge on any atom is -0.350 e. The van der Waals surface area contributed by atoms with Gasteiger partial charge in [-0.1, -0.05) is 17.3 Å². The van der Waals surface area contributed by atoms with Gasteiger partial charge in [0.25, 0.3) is 0 Å². The molecule has 18 heavy (non-hydrogen) atoms. The molecule has 6 heteroatoms. The molecule has 6 nitrogen and oxygen atoms in total. The lowest BCUT2D eigenvalue weighted by Gasteiger charge is -1.99. The first-order chi connectivity index (χ1) is 8.69. The number of carbonyl (C=O) groups excluding carboxylic acids is 1. The molecule has 0 saturated heterocycles. The zero-order valence-electron chi connectivity index (χ0n) is 9.51. The Hall–Kier alpha value is -2.63. The second kappa shape index (κ2) is 3.69. The van der Waals surface area contributed by atoms with Crippen molar-refractivity contribution >= 4 is 17.2 Å². The topological polar surface area (TPSA) is 80.9 Å². The predicted molar refractivity (Wildman–Crippen MR) is 64.4 cm³/mol. The van der Waals surface area contributed by atoms with Gasteiger partial charge in [-0.3, -0.25) is 14.3 Å². The molecule has 2 aromatic heterocycles. The highest BCUT2D eigenvalue weighted by Crippen LogP contribution is 2.24. The number of nitrogens with zero attached hydrogens (tertiary/aromatic N) is 2. The molecule has 1 aromatic carbocycles. The second-order valence-electron chi connectivity index (χ2n) is 3.99. The molecule has 0 amide bonds. The van der Waals surface area contributed by atoms with E-state index in [2.05, 4.69) is 14.7 Å². The van der Waals surface area contributed by atoms with E-state index < -0.39 is 5.76 Å². The molecule has 0 fully saturated rings. The zero-order chi connectivity index (χ0) is 12.7. The summed E-state index contributed by atoms with van der Waals surface area (Å²) in [6.07, 6.45) is 2.58. The van der Waals surface area contributed by atoms with Crippen LogP contribution < -0.4 is 5.76 Å². The standard InChI is InChI=1S/C12H9N3O3/c1-15-5-8(6-16)9-3-2-7(4-10(9)15)11-13-12(17)18-14-11/h2-6H,1H3,(H,13,14,17). The minimum absolute atomic E-state index is 0.371. The summed E-state index contributed by atoms with van der Waals surface area (Å²) in [5.41, 5.74) is 2.25. The van der Waals surface area contributed by atoms with Crippen LogP contribution in [0.25, 0.3) is 22.3 Å². The summed E-state index contributed by atoms with van der Waals surface area (Å²) in [6, 6.07) is 5.45. The lowest BCUT2D eigenvalue weighted by molar-refractivity contribution is 0.112. The highest BCUT2D eigenvalue weighted by Gasteiger charge is 2.09. The molecule has 0 spiro atoms. The lowest BCUT2D eigenvalue weighted by Crippen LogP contribution is -1.94. The van der Waals surface area contributed by atoms with Gasteiger partial charge in [-0.15, -0.1) is 0 Å². The maximum absolute atomic E-state index is 10.9. The third-order valence-electron chi connectivity index (χ3n) is 2.86. The highest BCUT2D eigenvalue weighted by atomic mass is 16.5. The molecule has 0 atom stereocenters. The Bertz CT molecular complexity index is 794. The third-order valence-corrected chi connectivity index (χ3v) is 2.86. The molecule has 0 aliphatic heterocycles. The van der Waals surface area contributed by atoms with Gasteiger partial charge in [0.05, 0.1) is 0 Å². The minimum atomic E-state index is -0.592. The Labute approximate surface area is 101 Å². The molecule has 1 N–H and O–H groups in total. The van der Waals surface area contributed by atoms with Gasteiger partial charge in [-0.2, -0.15) is 0 Å². The van der Waals surface area contributed by atoms with Crippen molar-refractivity contribution < 1.29 is 9.32 Å². The fraction of sp³-hybridized carbons (Fsp3) is 0.0833. The Morgan fingerprint density at radius 1 is 1.44 bits per heavy atom. The first-order valence-electron chi connectivity index (χ1n) is 5.29. The number of benzene rings is 1. The monoisotopic (exact) mass is 243 g/mol. The van der Waals surface area contributed by atoms with Gasteiger partial charge < -0.3 is 4.57 Å². The van der Waals surface area contributed by atoms with Gasteiger partial charge in [-0.25, -0.2) is 4.79 Å². The summed E-state index contributed by atoms with van der Waals surface area (Å²) in [7, 11) is 1.85. The quantitative estimate of drug-likeness (QED) is 0.688. The molecule has 0 radical (unpaired) electrons. The molecular weight excluding hydrogens is 234 g/mol. The van der Waals surface area contributed by atoms with Crippen LogP contribution in [0.15, 0.2) is 33.7 Å². The number of aldehydes is 1. The molecule has 0 bridgehead atoms. The number of hydrogen-bond donors (Lipinski definition) is 1. The van der Waals surface area contributed by atoms with Crippen LogP contribution in [0.5, 0.6) is 0 Å². The summed E-state index contributed by atoms with van der Waals surface area (Å²) in [5, 5.41) is 4.49. The van der Waals surface area contributed by atoms with Crippen LogP contribution in [0.4, 0.5) is 0 Å². The van der Waals surface area contributed by atoms with Crippen molar-refractivity contribution in [2.24, 2.45) is 7.05 Å². The van der Waals surface area contributed by atoms with E-state index in [1.807, 2.05) is 23.7 Å². The van der Waals surface area contributed by atoms with E-state index in [-0.39, 0.29) is 0 Å². The van der Waals surface area contributed by atoms with Gasteiger partial charge >= 0.3 is 5.76 Å². The van der Waals surface area contributed by atoms with Crippen LogP contribution in [0.3, 0.4) is 0 Å². The fourth-order valence-electron chi connectivity index (χ4n) is 2.01. The number of aryl methyl sites for hydroxylation is 1. The maximum Gasteiger partial charge on any atom is 0.439 e. The molecule has 2 heterocycles. The second-order valence-corrected chi connectivity index (χ2v) is 3.99. The first kappa shape index (κ1) is 10.5. The average Bonchev–Trinajstić information content (AvgIpc) is 2.94. The molecule has 0 aliphatic carbocycles. The van der Waals surface area contributed by atoms with E-state index >= 15 is 0 Å². The average molecular weight is 243 g/mol. The third kappa shape index (κ3) is 1.46. The number of rotatable bonds is 2. The maximum atomic E-state index is 10.9. The van der Waals surface area contributed by atoms with Crippen molar-refractivity contribution in [3.05, 3.63) is 40.5 Å². The lowest BCUT2D eigenvalue weighted by atomic mass is 10.1. The van der Waals surface area contributed by atoms with Crippen molar-refractivity contribution in [2.45, 2.75) is 0 Å². The van der Waals surface area contributed by atoms with Gasteiger partial charge in [0.1, 0.15) is 0 Å². The number of hydrogen-bond acceptors (Lipinski definition) is 4. The molecule has 3 rings (SSSR count). The van der Waals surface area contributed by atoms with Crippen LogP contribution in [-0.2, 0) is 7.05 Å². The predicted octanol–water partition coefficient (Wildman–Crippen LogP) is 1.33. The van der Waals surface area contributed by atoms with Crippen molar-refractivity contribution in [3.8, 4) is 11.4 Å². The largest absolute Gasteiger partial charge is 0.439 e. The number of aromatic amines is 1. The van der Waals surface area contributed by atoms with Gasteiger partial charge in [-0.05, 0) is 6.07 Å². The summed E-state index contributed by atoms with van der Waals surface area (Å²) in [4.78, 5) is 24.3. The van der Waals surface area contributed by atoms with Crippen LogP contribution in [-0.4, -0.2) is 21.0 Å². The summed E-state index contributed by atoms with van der Waals surface area (Å²) >= 11 is 0. The van der Waals surface area contributed by atoms with Crippen LogP contribution in [0.2, 0.25) is 0 Å². The van der Waals surface area contributed by atoms with Crippen molar-refractivity contribution in [1.29, 1.82) is 0 Å². The summed E-state index contributed by atoms with van der Waals surface area (Å²) in [5.74, 6) is -0.221. The normalized spacial score (nSPS) is 10.9. The summed E-state index contributed by atoms with van der Waals surface area (Å²) < 4.78 is 6.31. The van der Waals surface area contributed by atoms with Gasteiger partial charge in [0, 0.05) is 35.3 Å². The van der Waals surface area contributed by atoms with E-state index in [0.29, 0.717) is 11.4 Å². The Morgan fingerprint density at radius 2 is 2.28 bits per heavy atom. The molecule has 0 aliphatic rings. The van der Waals surface area contributed by atoms with E-state index in [0.717, 1.165) is 22.8 Å². The molecule has 3 aromatic rings. The van der Waals surface area contributed by atoms with E-state index in [1.54, 1.807) is 12.3 Å². The smallest absolute Gasteiger partial charge is 0.350 e. The van der Waals surface area contributed by atoms with Crippen molar-refractivity contribution in [3.63, 3.8) is 0 Å². The van der Waals surface area contributed by atoms with Gasteiger partial charge in [0.2, 0.25) is 0 Å². The number of aromatic nitrogens is 3. The number of H-pyrrole nitrogens is 1. The SMILES string of the molecule is Cn1cc(C=O)c2ccc(-c3noc(=O)[nH]3)cc21. The number of nitrogens with one attached hydrogen (secondary N) is 1. The molecule has 90 valence electrons. The van der Waals surface area contributed by atoms with E-state index in [9.17, 15) is 9.59 Å². The van der Waals surface area contributed by atoms with Gasteiger partial charge in [0.15, 0.2) is 12.1 Å². The van der Waals surface area contributed by atoms with E-state index in [1.165, 1.54) is 0 Å². The Morgan fingerprint density at radius 3 is 2.94 bits per heavy atom. The molecular formula is C12H9N3O3.